The Balaban J connectivity index is 2.58. The number of guanidine groups is 1. The summed E-state index contributed by atoms with van der Waals surface area (Å²) in [5.74, 6) is 0.546. The molecule has 1 aromatic rings. The number of hydrogen-bond donors (Lipinski definition) is 3. The predicted molar refractivity (Wildman–Crippen MR) is 103 cm³/mol. The van der Waals surface area contributed by atoms with Gasteiger partial charge in [0.1, 0.15) is 0 Å². The topological polar surface area (TPSA) is 74.8 Å². The van der Waals surface area contributed by atoms with Gasteiger partial charge in [0.05, 0.1) is 13.2 Å². The number of nitrogens with one attached hydrogen (secondary N) is 3. The smallest absolute Gasteiger partial charge is 0.239 e. The van der Waals surface area contributed by atoms with Gasteiger partial charge < -0.3 is 20.7 Å². The summed E-state index contributed by atoms with van der Waals surface area (Å²) in [5, 5.41) is 9.20. The van der Waals surface area contributed by atoms with E-state index in [9.17, 15) is 4.79 Å². The highest BCUT2D eigenvalue weighted by Crippen LogP contribution is 2.30. The molecular weight excluding hydrogens is 316 g/mol. The lowest BCUT2D eigenvalue weighted by Crippen LogP contribution is -2.48. The normalized spacial score (nSPS) is 11.9. The number of amides is 1. The molecule has 1 aromatic carbocycles. The number of methoxy groups -OCH3 is 1. The minimum Gasteiger partial charge on any atom is -0.383 e. The van der Waals surface area contributed by atoms with E-state index < -0.39 is 0 Å². The van der Waals surface area contributed by atoms with E-state index in [1.165, 1.54) is 5.56 Å². The summed E-state index contributed by atoms with van der Waals surface area (Å²) in [7, 11) is 3.32. The molecule has 3 N–H and O–H groups in total. The highest BCUT2D eigenvalue weighted by atomic mass is 16.5. The predicted octanol–water partition coefficient (Wildman–Crippen LogP) is 1.67. The van der Waals surface area contributed by atoms with Crippen molar-refractivity contribution in [1.29, 1.82) is 0 Å². The third-order valence-electron chi connectivity index (χ3n) is 4.60. The summed E-state index contributed by atoms with van der Waals surface area (Å²) in [6.45, 7) is 6.36. The molecule has 0 aromatic heterocycles. The summed E-state index contributed by atoms with van der Waals surface area (Å²) < 4.78 is 4.91. The number of aliphatic imine (C=N–C) groups is 1. The first-order chi connectivity index (χ1) is 12.1. The van der Waals surface area contributed by atoms with Gasteiger partial charge >= 0.3 is 0 Å². The van der Waals surface area contributed by atoms with E-state index in [2.05, 4.69) is 59.1 Å². The minimum absolute atomic E-state index is 0.0413. The van der Waals surface area contributed by atoms with Crippen LogP contribution in [0, 0.1) is 0 Å². The van der Waals surface area contributed by atoms with Crippen LogP contribution in [0.25, 0.3) is 0 Å². The van der Waals surface area contributed by atoms with Gasteiger partial charge in [0.15, 0.2) is 5.96 Å². The van der Waals surface area contributed by atoms with Crippen LogP contribution in [-0.2, 0) is 14.9 Å². The Bertz CT molecular complexity index is 527. The summed E-state index contributed by atoms with van der Waals surface area (Å²) >= 11 is 0. The van der Waals surface area contributed by atoms with Crippen molar-refractivity contribution < 1.29 is 9.53 Å². The van der Waals surface area contributed by atoms with Crippen LogP contribution in [0.4, 0.5) is 0 Å². The fourth-order valence-electron chi connectivity index (χ4n) is 2.79. The molecule has 0 heterocycles. The van der Waals surface area contributed by atoms with E-state index in [1.807, 2.05) is 6.07 Å². The van der Waals surface area contributed by atoms with Crippen molar-refractivity contribution in [3.05, 3.63) is 35.9 Å². The maximum absolute atomic E-state index is 11.8. The highest BCUT2D eigenvalue weighted by molar-refractivity contribution is 5.86. The van der Waals surface area contributed by atoms with Crippen LogP contribution in [-0.4, -0.2) is 52.3 Å². The van der Waals surface area contributed by atoms with E-state index in [0.29, 0.717) is 19.1 Å². The average Bonchev–Trinajstić information content (AvgIpc) is 2.66. The highest BCUT2D eigenvalue weighted by Gasteiger charge is 2.28. The van der Waals surface area contributed by atoms with E-state index in [0.717, 1.165) is 19.4 Å². The molecule has 6 nitrogen and oxygen atoms in total. The Morgan fingerprint density at radius 2 is 1.80 bits per heavy atom. The molecule has 0 unspecified atom stereocenters. The number of hydrogen-bond acceptors (Lipinski definition) is 3. The summed E-state index contributed by atoms with van der Waals surface area (Å²) in [6, 6.07) is 10.5. The van der Waals surface area contributed by atoms with Gasteiger partial charge in [-0.2, -0.15) is 0 Å². The van der Waals surface area contributed by atoms with Crippen molar-refractivity contribution in [3.63, 3.8) is 0 Å². The van der Waals surface area contributed by atoms with Gasteiger partial charge in [-0.25, -0.2) is 0 Å². The molecule has 0 fully saturated rings. The molecule has 25 heavy (non-hydrogen) atoms. The third-order valence-corrected chi connectivity index (χ3v) is 4.60. The van der Waals surface area contributed by atoms with Gasteiger partial charge in [-0.05, 0) is 18.4 Å². The number of carbonyl (C=O) groups excluding carboxylic acids is 1. The lowest BCUT2D eigenvalue weighted by Gasteiger charge is -2.33. The van der Waals surface area contributed by atoms with Crippen LogP contribution in [0.1, 0.15) is 32.3 Å². The summed E-state index contributed by atoms with van der Waals surface area (Å²) in [4.78, 5) is 16.0. The maximum Gasteiger partial charge on any atom is 0.239 e. The van der Waals surface area contributed by atoms with Gasteiger partial charge in [0.25, 0.3) is 0 Å². The first-order valence-electron chi connectivity index (χ1n) is 8.87. The molecule has 0 spiro atoms. The molecule has 0 saturated carbocycles. The number of ether oxygens (including phenoxy) is 1. The maximum atomic E-state index is 11.8. The zero-order chi connectivity index (χ0) is 18.5. The minimum atomic E-state index is -0.0831. The van der Waals surface area contributed by atoms with Gasteiger partial charge in [-0.15, -0.1) is 0 Å². The first kappa shape index (κ1) is 21.0. The van der Waals surface area contributed by atoms with Crippen LogP contribution in [0.2, 0.25) is 0 Å². The Morgan fingerprint density at radius 1 is 1.12 bits per heavy atom. The van der Waals surface area contributed by atoms with E-state index in [1.54, 1.807) is 14.2 Å². The third kappa shape index (κ3) is 6.74. The summed E-state index contributed by atoms with van der Waals surface area (Å²) in [6.07, 6.45) is 2.05. The van der Waals surface area contributed by atoms with Crippen molar-refractivity contribution in [2.75, 3.05) is 40.4 Å². The van der Waals surface area contributed by atoms with Crippen LogP contribution >= 0.6 is 0 Å². The van der Waals surface area contributed by atoms with Crippen LogP contribution in [0.15, 0.2) is 35.3 Å². The van der Waals surface area contributed by atoms with E-state index in [4.69, 9.17) is 4.74 Å². The Morgan fingerprint density at radius 3 is 2.36 bits per heavy atom. The number of carbonyl (C=O) groups is 1. The lowest BCUT2D eigenvalue weighted by atomic mass is 9.76. The van der Waals surface area contributed by atoms with Crippen molar-refractivity contribution in [3.8, 4) is 0 Å². The van der Waals surface area contributed by atoms with Gasteiger partial charge in [0.2, 0.25) is 5.91 Å². The quantitative estimate of drug-likeness (QED) is 0.342. The van der Waals surface area contributed by atoms with E-state index >= 15 is 0 Å². The summed E-state index contributed by atoms with van der Waals surface area (Å²) in [5.41, 5.74) is 1.36. The Hall–Kier alpha value is -2.08. The lowest BCUT2D eigenvalue weighted by molar-refractivity contribution is -0.120. The number of rotatable bonds is 10. The molecule has 0 aliphatic rings. The molecular formula is C19H32N4O2. The largest absolute Gasteiger partial charge is 0.383 e. The fourth-order valence-corrected chi connectivity index (χ4v) is 2.79. The molecule has 0 aliphatic heterocycles. The molecule has 140 valence electrons. The van der Waals surface area contributed by atoms with Crippen molar-refractivity contribution in [1.82, 2.24) is 16.0 Å². The van der Waals surface area contributed by atoms with Gasteiger partial charge in [0, 0.05) is 32.7 Å². The second kappa shape index (κ2) is 11.5. The van der Waals surface area contributed by atoms with E-state index in [-0.39, 0.29) is 17.9 Å². The second-order valence-electron chi connectivity index (χ2n) is 5.98. The SMILES string of the molecule is CCC(CC)(CNC(=NC)NCC(=O)NCCOC)c1ccccc1. The first-order valence-corrected chi connectivity index (χ1v) is 8.87. The van der Waals surface area contributed by atoms with Crippen LogP contribution in [0.5, 0.6) is 0 Å². The van der Waals surface area contributed by atoms with Gasteiger partial charge in [-0.3, -0.25) is 9.79 Å². The molecule has 0 saturated heterocycles. The Labute approximate surface area is 151 Å². The Kier molecular flexibility index (Phi) is 9.62. The molecule has 0 bridgehead atoms. The zero-order valence-electron chi connectivity index (χ0n) is 15.9. The molecule has 0 aliphatic carbocycles. The standard InChI is InChI=1S/C19H32N4O2/c1-5-19(6-2,16-10-8-7-9-11-16)15-23-18(20-3)22-14-17(24)21-12-13-25-4/h7-11H,5-6,12-15H2,1-4H3,(H,21,24)(H2,20,22,23). The second-order valence-corrected chi connectivity index (χ2v) is 5.98. The fraction of sp³-hybridized carbons (Fsp3) is 0.579. The molecule has 6 heteroatoms. The molecule has 1 amide bonds. The van der Waals surface area contributed by atoms with Crippen molar-refractivity contribution in [2.45, 2.75) is 32.1 Å². The van der Waals surface area contributed by atoms with Crippen molar-refractivity contribution in [2.24, 2.45) is 4.99 Å². The van der Waals surface area contributed by atoms with Gasteiger partial charge in [-0.1, -0.05) is 44.2 Å². The monoisotopic (exact) mass is 348 g/mol. The number of nitrogens with zero attached hydrogens (tertiary/aromatic N) is 1. The number of benzene rings is 1. The van der Waals surface area contributed by atoms with Crippen LogP contribution < -0.4 is 16.0 Å². The molecule has 0 radical (unpaired) electrons. The zero-order valence-corrected chi connectivity index (χ0v) is 15.9. The average molecular weight is 348 g/mol. The molecule has 1 rings (SSSR count). The van der Waals surface area contributed by atoms with Crippen LogP contribution in [0.3, 0.4) is 0 Å². The molecule has 0 atom stereocenters. The van der Waals surface area contributed by atoms with Crippen molar-refractivity contribution >= 4 is 11.9 Å².